The average Bonchev–Trinajstić information content (AvgIpc) is 3.47. The molecule has 2 aromatic rings. The minimum atomic E-state index is 0.0966. The molecule has 9 nitrogen and oxygen atoms in total. The van der Waals surface area contributed by atoms with Crippen LogP contribution in [0.5, 0.6) is 11.5 Å². The fourth-order valence-corrected chi connectivity index (χ4v) is 5.62. The molecule has 5 aliphatic rings. The highest BCUT2D eigenvalue weighted by molar-refractivity contribution is 5.77. The molecule has 0 unspecified atom stereocenters. The lowest BCUT2D eigenvalue weighted by molar-refractivity contribution is -0.136. The Bertz CT molecular complexity index is 895. The zero-order valence-electron chi connectivity index (χ0n) is 15.5. The Kier molecular flexibility index (Phi) is 3.59. The van der Waals surface area contributed by atoms with Crippen molar-refractivity contribution < 1.29 is 14.3 Å². The molecule has 146 valence electrons. The lowest BCUT2D eigenvalue weighted by Gasteiger charge is -2.51. The Morgan fingerprint density at radius 2 is 2.00 bits per heavy atom. The summed E-state index contributed by atoms with van der Waals surface area (Å²) in [5.41, 5.74) is 1.23. The first-order chi connectivity index (χ1) is 13.8. The third kappa shape index (κ3) is 2.42. The number of benzene rings is 1. The van der Waals surface area contributed by atoms with Crippen molar-refractivity contribution in [2.75, 3.05) is 26.4 Å². The second-order valence-corrected chi connectivity index (χ2v) is 8.13. The molecule has 1 amide bonds. The number of aromatic nitrogens is 4. The van der Waals surface area contributed by atoms with Gasteiger partial charge in [0, 0.05) is 18.5 Å². The van der Waals surface area contributed by atoms with E-state index in [0.29, 0.717) is 12.0 Å². The Hall–Kier alpha value is -2.68. The van der Waals surface area contributed by atoms with Crippen molar-refractivity contribution in [3.05, 3.63) is 30.1 Å². The number of amides is 1. The highest BCUT2D eigenvalue weighted by Gasteiger charge is 2.54. The summed E-state index contributed by atoms with van der Waals surface area (Å²) in [5.74, 6) is 2.56. The van der Waals surface area contributed by atoms with Crippen LogP contribution >= 0.6 is 0 Å². The van der Waals surface area contributed by atoms with E-state index in [-0.39, 0.29) is 31.2 Å². The van der Waals surface area contributed by atoms with Gasteiger partial charge in [0.25, 0.3) is 0 Å². The lowest BCUT2D eigenvalue weighted by Crippen LogP contribution is -2.61. The minimum Gasteiger partial charge on any atom is -0.454 e. The van der Waals surface area contributed by atoms with Crippen LogP contribution in [0.4, 0.5) is 0 Å². The van der Waals surface area contributed by atoms with Gasteiger partial charge in [0.1, 0.15) is 12.9 Å². The molecule has 0 aliphatic carbocycles. The molecule has 3 atom stereocenters. The first-order valence-corrected chi connectivity index (χ1v) is 9.92. The Morgan fingerprint density at radius 3 is 2.82 bits per heavy atom. The number of rotatable bonds is 3. The van der Waals surface area contributed by atoms with Gasteiger partial charge in [0.05, 0.1) is 6.04 Å². The van der Waals surface area contributed by atoms with Crippen LogP contribution < -0.4 is 9.47 Å². The first kappa shape index (κ1) is 16.3. The normalized spacial score (nSPS) is 32.6. The van der Waals surface area contributed by atoms with Crippen LogP contribution in [0.2, 0.25) is 0 Å². The topological polar surface area (TPSA) is 85.6 Å². The molecule has 2 bridgehead atoms. The highest BCUT2D eigenvalue weighted by Crippen LogP contribution is 2.47. The third-order valence-electron chi connectivity index (χ3n) is 6.83. The molecule has 5 aliphatic heterocycles. The molecule has 4 fully saturated rings. The van der Waals surface area contributed by atoms with E-state index in [1.54, 1.807) is 0 Å². The molecule has 0 spiro atoms. The Balaban J connectivity index is 1.34. The number of carbonyl (C=O) groups is 1. The van der Waals surface area contributed by atoms with E-state index in [4.69, 9.17) is 9.47 Å². The Labute approximate surface area is 162 Å². The van der Waals surface area contributed by atoms with Crippen LogP contribution in [-0.2, 0) is 11.3 Å². The van der Waals surface area contributed by atoms with Gasteiger partial charge in [0.2, 0.25) is 12.7 Å². The number of fused-ring (bicyclic) bond motifs is 3. The summed E-state index contributed by atoms with van der Waals surface area (Å²) in [6.07, 6.45) is 3.84. The van der Waals surface area contributed by atoms with Crippen molar-refractivity contribution in [3.63, 3.8) is 0 Å². The number of piperidine rings is 3. The van der Waals surface area contributed by atoms with Crippen molar-refractivity contribution in [1.29, 1.82) is 0 Å². The molecule has 28 heavy (non-hydrogen) atoms. The average molecular weight is 382 g/mol. The maximum Gasteiger partial charge on any atom is 0.244 e. The maximum atomic E-state index is 13.2. The summed E-state index contributed by atoms with van der Waals surface area (Å²) in [6, 6.07) is 6.86. The molecule has 6 heterocycles. The zero-order valence-corrected chi connectivity index (χ0v) is 15.5. The molecule has 1 aromatic carbocycles. The number of hydrogen-bond acceptors (Lipinski definition) is 7. The molecular formula is C19H22N6O3. The van der Waals surface area contributed by atoms with E-state index in [1.807, 2.05) is 6.07 Å². The summed E-state index contributed by atoms with van der Waals surface area (Å²) >= 11 is 0. The number of ether oxygens (including phenoxy) is 2. The van der Waals surface area contributed by atoms with Gasteiger partial charge >= 0.3 is 0 Å². The molecule has 4 saturated heterocycles. The highest BCUT2D eigenvalue weighted by atomic mass is 16.7. The van der Waals surface area contributed by atoms with Gasteiger partial charge in [-0.25, -0.2) is 4.68 Å². The van der Waals surface area contributed by atoms with Crippen molar-refractivity contribution in [2.45, 2.75) is 37.4 Å². The quantitative estimate of drug-likeness (QED) is 0.764. The standard InChI is InChI=1S/C19H22N6O3/c26-17(9-24-10-20-21-22-24)25-8-14(13-1-2-15-16(7-13)28-11-27-15)19-18(25)12-3-5-23(19)6-4-12/h1-2,7,10,12,14,18-19H,3-6,8-9,11H2/t14-,18+,19+/m0/s1. The van der Waals surface area contributed by atoms with Gasteiger partial charge in [-0.05, 0) is 60.0 Å². The van der Waals surface area contributed by atoms with Crippen molar-refractivity contribution in [3.8, 4) is 11.5 Å². The van der Waals surface area contributed by atoms with Crippen LogP contribution in [0, 0.1) is 5.92 Å². The summed E-state index contributed by atoms with van der Waals surface area (Å²) < 4.78 is 12.6. The summed E-state index contributed by atoms with van der Waals surface area (Å²) in [7, 11) is 0. The summed E-state index contributed by atoms with van der Waals surface area (Å²) in [5, 5.41) is 11.2. The molecule has 1 aromatic heterocycles. The minimum absolute atomic E-state index is 0.0966. The van der Waals surface area contributed by atoms with E-state index in [9.17, 15) is 4.79 Å². The second kappa shape index (κ2) is 6.16. The lowest BCUT2D eigenvalue weighted by atomic mass is 9.75. The Morgan fingerprint density at radius 1 is 1.14 bits per heavy atom. The number of hydrogen-bond donors (Lipinski definition) is 0. The molecule has 9 heteroatoms. The molecule has 7 rings (SSSR count). The molecular weight excluding hydrogens is 360 g/mol. The second-order valence-electron chi connectivity index (χ2n) is 8.13. The monoisotopic (exact) mass is 382 g/mol. The summed E-state index contributed by atoms with van der Waals surface area (Å²) in [4.78, 5) is 17.8. The fraction of sp³-hybridized carbons (Fsp3) is 0.579. The smallest absolute Gasteiger partial charge is 0.244 e. The number of nitrogens with zero attached hydrogens (tertiary/aromatic N) is 6. The van der Waals surface area contributed by atoms with Gasteiger partial charge in [0.15, 0.2) is 11.5 Å². The van der Waals surface area contributed by atoms with Crippen LogP contribution in [-0.4, -0.2) is 74.4 Å². The SMILES string of the molecule is O=C(Cn1cnnn1)N1C[C@@H](c2ccc3c(c2)OCO3)[C@@H]2[C@H]1C1CCN2CC1. The van der Waals surface area contributed by atoms with E-state index >= 15 is 0 Å². The van der Waals surface area contributed by atoms with E-state index in [1.165, 1.54) is 29.4 Å². The van der Waals surface area contributed by atoms with E-state index < -0.39 is 0 Å². The van der Waals surface area contributed by atoms with Crippen LogP contribution in [0.3, 0.4) is 0 Å². The van der Waals surface area contributed by atoms with Crippen molar-refractivity contribution >= 4 is 5.91 Å². The number of likely N-dealkylation sites (tertiary alicyclic amines) is 1. The van der Waals surface area contributed by atoms with Crippen LogP contribution in [0.1, 0.15) is 24.3 Å². The zero-order chi connectivity index (χ0) is 18.7. The first-order valence-electron chi connectivity index (χ1n) is 9.92. The van der Waals surface area contributed by atoms with E-state index in [2.05, 4.69) is 37.5 Å². The van der Waals surface area contributed by atoms with Gasteiger partial charge in [-0.2, -0.15) is 0 Å². The van der Waals surface area contributed by atoms with Crippen molar-refractivity contribution in [2.24, 2.45) is 5.92 Å². The third-order valence-corrected chi connectivity index (χ3v) is 6.83. The molecule has 0 radical (unpaired) electrons. The predicted octanol–water partition coefficient (Wildman–Crippen LogP) is 0.491. The van der Waals surface area contributed by atoms with Gasteiger partial charge in [-0.1, -0.05) is 6.07 Å². The van der Waals surface area contributed by atoms with Crippen LogP contribution in [0.25, 0.3) is 0 Å². The van der Waals surface area contributed by atoms with Gasteiger partial charge < -0.3 is 14.4 Å². The number of tetrazole rings is 1. The molecule has 0 N–H and O–H groups in total. The maximum absolute atomic E-state index is 13.2. The predicted molar refractivity (Wildman–Crippen MR) is 96.7 cm³/mol. The summed E-state index contributed by atoms with van der Waals surface area (Å²) in [6.45, 7) is 3.45. The fourth-order valence-electron chi connectivity index (χ4n) is 5.62. The van der Waals surface area contributed by atoms with Crippen LogP contribution in [0.15, 0.2) is 24.5 Å². The van der Waals surface area contributed by atoms with E-state index in [0.717, 1.165) is 31.1 Å². The van der Waals surface area contributed by atoms with Gasteiger partial charge in [-0.15, -0.1) is 5.10 Å². The largest absolute Gasteiger partial charge is 0.454 e. The number of carbonyl (C=O) groups excluding carboxylic acids is 1. The van der Waals surface area contributed by atoms with Crippen molar-refractivity contribution in [1.82, 2.24) is 30.0 Å². The van der Waals surface area contributed by atoms with Gasteiger partial charge in [-0.3, -0.25) is 9.69 Å². The molecule has 0 saturated carbocycles.